The van der Waals surface area contributed by atoms with Gasteiger partial charge in [0, 0.05) is 67.6 Å². The number of aliphatic hydroxyl groups is 5. The van der Waals surface area contributed by atoms with Gasteiger partial charge in [-0.05, 0) is 181 Å². The first-order valence-corrected chi connectivity index (χ1v) is 33.7. The van der Waals surface area contributed by atoms with E-state index in [1.165, 1.54) is 20.8 Å². The smallest absolute Gasteiger partial charge is 0.453 e. The molecular formula is C38H54B2ClI9N6O17. The molecule has 2 saturated heterocycles. The number of halogens is 10. The van der Waals surface area contributed by atoms with Crippen LogP contribution in [0.2, 0.25) is 13.6 Å². The highest BCUT2D eigenvalue weighted by Gasteiger charge is 2.34. The van der Waals surface area contributed by atoms with Crippen LogP contribution in [0.5, 0.6) is 0 Å². The minimum atomic E-state index is -1.11. The van der Waals surface area contributed by atoms with Crippen LogP contribution in [0.4, 0.5) is 5.69 Å². The second kappa shape index (κ2) is 41.7. The van der Waals surface area contributed by atoms with Crippen molar-refractivity contribution in [3.63, 3.8) is 0 Å². The molecule has 2 heterocycles. The summed E-state index contributed by atoms with van der Waals surface area (Å²) in [6.07, 6.45) is -1.28. The van der Waals surface area contributed by atoms with Crippen molar-refractivity contribution in [2.75, 3.05) is 58.6 Å². The molecule has 3 atom stereocenters. The number of esters is 1. The van der Waals surface area contributed by atoms with Crippen molar-refractivity contribution in [3.8, 4) is 0 Å². The molecule has 23 nitrogen and oxygen atoms in total. The van der Waals surface area contributed by atoms with Crippen LogP contribution in [-0.4, -0.2) is 170 Å². The van der Waals surface area contributed by atoms with E-state index in [2.05, 4.69) is 131 Å². The molecule has 0 spiro atoms. The van der Waals surface area contributed by atoms with Crippen LogP contribution in [0.3, 0.4) is 0 Å². The average Bonchev–Trinajstić information content (AvgIpc) is 3.33. The lowest BCUT2D eigenvalue weighted by Crippen LogP contribution is -2.48. The maximum Gasteiger partial charge on any atom is 0.453 e. The topological polar surface area (TPSA) is 356 Å². The number of anilines is 1. The van der Waals surface area contributed by atoms with E-state index >= 15 is 0 Å². The minimum Gasteiger partial charge on any atom is -0.453 e. The normalized spacial score (nSPS) is 14.6. The number of hydrogen-bond acceptors (Lipinski definition) is 19. The van der Waals surface area contributed by atoms with E-state index in [1.54, 1.807) is 0 Å². The van der Waals surface area contributed by atoms with Gasteiger partial charge in [0.2, 0.25) is 6.41 Å². The highest BCUT2D eigenvalue weighted by Crippen LogP contribution is 2.37. The lowest BCUT2D eigenvalue weighted by Gasteiger charge is -2.26. The van der Waals surface area contributed by atoms with Crippen LogP contribution in [0.15, 0.2) is 6.07 Å². The number of carbonyl (C=O) groups excluding carboxylic acids is 6. The van der Waals surface area contributed by atoms with Crippen LogP contribution in [-0.2, 0) is 37.7 Å². The standard InChI is InChI=1S/C17H24I3N3O8.C11H12BI3N2O3.C5H10BNO3.C5H7ClO3.I2.HI/c1-6(28)15(23-31)9-12(18)10(16(29)21-7(2-24)3-25)14(20)11(13(9)19)17(30)22-8(4-26)5-27;1-12-19-3-5(4-20-12)17-11(18)8-6(13)2-7(14)10(16)9(8)15;1-6-9-2-5(3-10-6)7-4-8;1-3(5(6)8)9-4(2)7;1-2;/h6-8,15,23-28,31H,2-5H2,1H3,(H,21,29)(H,22,30);2,5H,3-4,16H2,1H3,(H,17,18);4-5H,2-3H2,1H3,(H,7,8);3H,1-2H3;;1H/t6-,15?;;;3-;;/m0..0../s1. The van der Waals surface area contributed by atoms with Crippen molar-refractivity contribution in [1.82, 2.24) is 26.7 Å². The first kappa shape index (κ1) is 76.9. The molecule has 0 radical (unpaired) electrons. The van der Waals surface area contributed by atoms with E-state index in [4.69, 9.17) is 36.0 Å². The van der Waals surface area contributed by atoms with E-state index in [-0.39, 0.29) is 76.5 Å². The van der Waals surface area contributed by atoms with Gasteiger partial charge in [0.1, 0.15) is 0 Å². The summed E-state index contributed by atoms with van der Waals surface area (Å²) in [6.45, 7) is 7.67. The number of rotatable bonds is 17. The third kappa shape index (κ3) is 27.0. The van der Waals surface area contributed by atoms with Crippen molar-refractivity contribution >= 4 is 264 Å². The Morgan fingerprint density at radius 3 is 1.49 bits per heavy atom. The Balaban J connectivity index is 0. The molecule has 2 fully saturated rings. The Labute approximate surface area is 550 Å². The van der Waals surface area contributed by atoms with E-state index in [9.17, 15) is 59.5 Å². The van der Waals surface area contributed by atoms with E-state index in [0.29, 0.717) is 51.2 Å². The number of benzene rings is 2. The predicted molar refractivity (Wildman–Crippen MR) is 351 cm³/mol. The molecule has 2 aliphatic rings. The highest BCUT2D eigenvalue weighted by atomic mass is 128. The summed E-state index contributed by atoms with van der Waals surface area (Å²) in [6, 6.07) is -1.12. The second-order valence-corrected chi connectivity index (χ2v) is 21.7. The number of nitrogens with two attached hydrogens (primary N) is 1. The number of aliphatic hydroxyl groups excluding tert-OH is 5. The van der Waals surface area contributed by atoms with Crippen LogP contribution in [0, 0.1) is 21.4 Å². The Morgan fingerprint density at radius 1 is 0.753 bits per heavy atom. The molecule has 0 aromatic heterocycles. The number of amides is 4. The van der Waals surface area contributed by atoms with Crippen LogP contribution in [0.25, 0.3) is 0 Å². The number of carbonyl (C=O) groups is 6. The maximum atomic E-state index is 13.0. The third-order valence-corrected chi connectivity index (χ3v) is 15.6. The zero-order valence-corrected chi connectivity index (χ0v) is 59.4. The summed E-state index contributed by atoms with van der Waals surface area (Å²) >= 11 is 21.2. The molecule has 4 rings (SSSR count). The van der Waals surface area contributed by atoms with Gasteiger partial charge < -0.3 is 81.1 Å². The van der Waals surface area contributed by atoms with Crippen molar-refractivity contribution in [2.45, 2.75) is 76.8 Å². The minimum absolute atomic E-state index is 0. The van der Waals surface area contributed by atoms with Gasteiger partial charge in [-0.25, -0.2) is 0 Å². The largest absolute Gasteiger partial charge is 0.453 e. The Bertz CT molecular complexity index is 2030. The van der Waals surface area contributed by atoms with Crippen molar-refractivity contribution < 1.29 is 82.9 Å². The quantitative estimate of drug-likeness (QED) is 0.0204. The molecule has 13 N–H and O–H groups in total. The summed E-state index contributed by atoms with van der Waals surface area (Å²) in [7, 11) is -0.345. The van der Waals surface area contributed by atoms with Crippen LogP contribution >= 0.6 is 208 Å². The lowest BCUT2D eigenvalue weighted by molar-refractivity contribution is -0.149. The van der Waals surface area contributed by atoms with Crippen molar-refractivity contribution in [3.05, 3.63) is 49.7 Å². The number of hydrogen-bond donors (Lipinski definition) is 12. The number of hydroxylamine groups is 1. The zero-order chi connectivity index (χ0) is 55.6. The molecule has 35 heteroatoms. The Kier molecular flexibility index (Phi) is 44.0. The Morgan fingerprint density at radius 2 is 1.16 bits per heavy atom. The van der Waals surface area contributed by atoms with E-state index < -0.39 is 79.8 Å². The van der Waals surface area contributed by atoms with Gasteiger partial charge >= 0.3 is 20.2 Å². The molecule has 4 amide bonds. The molecule has 2 aromatic rings. The molecule has 0 bridgehead atoms. The molecule has 0 aliphatic carbocycles. The number of ether oxygens (including phenoxy) is 1. The summed E-state index contributed by atoms with van der Waals surface area (Å²) in [5.74, 6) is -2.02. The zero-order valence-electron chi connectivity index (χ0n) is 39.1. The summed E-state index contributed by atoms with van der Waals surface area (Å²) in [4.78, 5) is 68.6. The third-order valence-electron chi connectivity index (χ3n) is 9.15. The van der Waals surface area contributed by atoms with Gasteiger partial charge in [-0.15, -0.1) is 24.0 Å². The highest BCUT2D eigenvalue weighted by molar-refractivity contribution is 15.0. The molecule has 2 aromatic carbocycles. The molecule has 414 valence electrons. The predicted octanol–water partition coefficient (Wildman–Crippen LogP) is 3.77. The molecule has 73 heavy (non-hydrogen) atoms. The van der Waals surface area contributed by atoms with Gasteiger partial charge in [0.05, 0.1) is 115 Å². The first-order chi connectivity index (χ1) is 33.8. The summed E-state index contributed by atoms with van der Waals surface area (Å²) in [5, 5.41) is 66.7. The van der Waals surface area contributed by atoms with Gasteiger partial charge in [0.25, 0.3) is 23.0 Å². The molecular weight excluding hydrogens is 2010 g/mol. The van der Waals surface area contributed by atoms with Crippen LogP contribution in [0.1, 0.15) is 63.5 Å². The van der Waals surface area contributed by atoms with Gasteiger partial charge in [-0.1, -0.05) is 0 Å². The van der Waals surface area contributed by atoms with E-state index in [1.807, 2.05) is 93.0 Å². The SMILES string of the molecule is CB1OCC(NC(=O)c2c(I)cc(I)c(N)c2I)CO1.CB1OCC(NC=O)CO1.CC(=O)O[C@@H](C)C(=O)Cl.C[C@H](O)C(NO)c1c(I)c(C(=O)NC(CO)CO)c(I)c(C(=O)NC(CO)CO)c1I.I.II. The second-order valence-electron chi connectivity index (χ2n) is 14.6. The molecule has 1 unspecified atom stereocenters. The van der Waals surface area contributed by atoms with Gasteiger partial charge in [-0.3, -0.25) is 28.8 Å². The molecule has 0 saturated carbocycles. The Hall–Kier alpha value is 1.81. The fraction of sp³-hybridized carbons (Fsp3) is 0.526. The summed E-state index contributed by atoms with van der Waals surface area (Å²) < 4.78 is 28.8. The fourth-order valence-electron chi connectivity index (χ4n) is 5.42. The monoisotopic (exact) mass is 2070 g/mol. The van der Waals surface area contributed by atoms with E-state index in [0.717, 1.165) is 10.7 Å². The van der Waals surface area contributed by atoms with Crippen molar-refractivity contribution in [2.24, 2.45) is 0 Å². The van der Waals surface area contributed by atoms with Gasteiger partial charge in [0.15, 0.2) is 6.10 Å². The first-order valence-electron chi connectivity index (χ1n) is 20.6. The van der Waals surface area contributed by atoms with Crippen molar-refractivity contribution in [1.29, 1.82) is 0 Å². The average molecular weight is 2070 g/mol. The fourth-order valence-corrected chi connectivity index (χ4v) is 14.1. The lowest BCUT2D eigenvalue weighted by atomic mass is 9.93. The maximum absolute atomic E-state index is 13.0. The molecule has 2 aliphatic heterocycles. The number of nitrogens with one attached hydrogen (secondary N) is 5. The summed E-state index contributed by atoms with van der Waals surface area (Å²) in [5.41, 5.74) is 9.60. The van der Waals surface area contributed by atoms with Gasteiger partial charge in [-0.2, -0.15) is 5.48 Å². The number of nitrogen functional groups attached to an aromatic ring is 1. The van der Waals surface area contributed by atoms with Crippen LogP contribution < -0.4 is 32.5 Å².